The van der Waals surface area contributed by atoms with E-state index in [1.54, 1.807) is 19.1 Å². The number of esters is 1. The van der Waals surface area contributed by atoms with Crippen molar-refractivity contribution in [3.63, 3.8) is 0 Å². The zero-order chi connectivity index (χ0) is 24.7. The van der Waals surface area contributed by atoms with Crippen LogP contribution in [0.3, 0.4) is 0 Å². The summed E-state index contributed by atoms with van der Waals surface area (Å²) < 4.78 is 24.1. The van der Waals surface area contributed by atoms with Gasteiger partial charge in [-0.15, -0.1) is 0 Å². The van der Waals surface area contributed by atoms with Gasteiger partial charge in [0.1, 0.15) is 11.9 Å². The van der Waals surface area contributed by atoms with Gasteiger partial charge in [-0.3, -0.25) is 9.59 Å². The van der Waals surface area contributed by atoms with E-state index in [1.807, 2.05) is 37.3 Å². The van der Waals surface area contributed by atoms with E-state index in [0.717, 1.165) is 11.1 Å². The zero-order valence-corrected chi connectivity index (χ0v) is 19.4. The van der Waals surface area contributed by atoms with Crippen LogP contribution in [-0.4, -0.2) is 35.1 Å². The van der Waals surface area contributed by atoms with Gasteiger partial charge in [-0.1, -0.05) is 49.4 Å². The molecule has 3 atom stereocenters. The highest BCUT2D eigenvalue weighted by molar-refractivity contribution is 5.99. The highest BCUT2D eigenvalue weighted by Crippen LogP contribution is 2.30. The molecular formula is C27H28FNO5. The Labute approximate surface area is 198 Å². The molecule has 0 aliphatic carbocycles. The van der Waals surface area contributed by atoms with Gasteiger partial charge in [0.15, 0.2) is 23.0 Å². The molecule has 0 radical (unpaired) electrons. The van der Waals surface area contributed by atoms with Crippen molar-refractivity contribution in [2.45, 2.75) is 38.7 Å². The highest BCUT2D eigenvalue weighted by atomic mass is 19.1. The number of hydrogen-bond donors (Lipinski definition) is 1. The van der Waals surface area contributed by atoms with Crippen molar-refractivity contribution in [2.24, 2.45) is 5.92 Å². The molecule has 0 unspecified atom stereocenters. The van der Waals surface area contributed by atoms with Crippen LogP contribution in [0.25, 0.3) is 0 Å². The molecule has 0 aliphatic rings. The number of carbonyl (C=O) groups excluding carboxylic acids is 2. The number of halogens is 1. The first-order chi connectivity index (χ1) is 16.3. The number of rotatable bonds is 10. The van der Waals surface area contributed by atoms with E-state index in [0.29, 0.717) is 6.42 Å². The minimum absolute atomic E-state index is 0.133. The second-order valence-electron chi connectivity index (χ2n) is 8.23. The average molecular weight is 466 g/mol. The molecule has 0 bridgehead atoms. The fourth-order valence-electron chi connectivity index (χ4n) is 3.77. The summed E-state index contributed by atoms with van der Waals surface area (Å²) in [6.45, 7) is 3.41. The Kier molecular flexibility index (Phi) is 8.35. The molecule has 0 aliphatic heterocycles. The molecule has 178 valence electrons. The smallest absolute Gasteiger partial charge is 0.309 e. The normalized spacial score (nSPS) is 13.5. The van der Waals surface area contributed by atoms with Gasteiger partial charge in [-0.2, -0.15) is 0 Å². The maximum absolute atomic E-state index is 13.3. The number of benzene rings is 2. The summed E-state index contributed by atoms with van der Waals surface area (Å²) in [6.07, 6.45) is 1.23. The number of ketones is 1. The lowest BCUT2D eigenvalue weighted by molar-refractivity contribution is -0.153. The van der Waals surface area contributed by atoms with E-state index in [9.17, 15) is 19.1 Å². The lowest BCUT2D eigenvalue weighted by Crippen LogP contribution is -2.28. The van der Waals surface area contributed by atoms with E-state index in [4.69, 9.17) is 9.47 Å². The van der Waals surface area contributed by atoms with Crippen LogP contribution in [0.2, 0.25) is 0 Å². The minimum atomic E-state index is -0.746. The maximum Gasteiger partial charge on any atom is 0.309 e. The summed E-state index contributed by atoms with van der Waals surface area (Å²) in [5.74, 6) is -2.45. The van der Waals surface area contributed by atoms with Crippen molar-refractivity contribution in [1.82, 2.24) is 4.98 Å². The first-order valence-corrected chi connectivity index (χ1v) is 11.0. The van der Waals surface area contributed by atoms with Crippen molar-refractivity contribution in [2.75, 3.05) is 7.11 Å². The monoisotopic (exact) mass is 465 g/mol. The molecule has 34 heavy (non-hydrogen) atoms. The number of carbonyl (C=O) groups is 2. The van der Waals surface area contributed by atoms with Gasteiger partial charge in [0.2, 0.25) is 0 Å². The fraction of sp³-hybridized carbons (Fsp3) is 0.296. The molecule has 0 fully saturated rings. The number of ether oxygens (including phenoxy) is 2. The van der Waals surface area contributed by atoms with Crippen molar-refractivity contribution < 1.29 is 28.6 Å². The summed E-state index contributed by atoms with van der Waals surface area (Å²) in [6, 6.07) is 17.3. The molecule has 6 nitrogen and oxygen atoms in total. The lowest BCUT2D eigenvalue weighted by atomic mass is 9.88. The average Bonchev–Trinajstić information content (AvgIpc) is 2.84. The predicted molar refractivity (Wildman–Crippen MR) is 125 cm³/mol. The molecule has 0 saturated heterocycles. The third-order valence-electron chi connectivity index (χ3n) is 5.73. The highest BCUT2D eigenvalue weighted by Gasteiger charge is 2.28. The van der Waals surface area contributed by atoms with E-state index in [-0.39, 0.29) is 35.3 Å². The van der Waals surface area contributed by atoms with Crippen molar-refractivity contribution >= 4 is 11.8 Å². The van der Waals surface area contributed by atoms with Crippen LogP contribution in [0, 0.1) is 11.7 Å². The number of hydrogen-bond acceptors (Lipinski definition) is 6. The van der Waals surface area contributed by atoms with E-state index in [1.165, 1.54) is 31.5 Å². The first kappa shape index (κ1) is 24.9. The van der Waals surface area contributed by atoms with E-state index >= 15 is 0 Å². The molecular weight excluding hydrogens is 437 g/mol. The Morgan fingerprint density at radius 1 is 1.03 bits per heavy atom. The van der Waals surface area contributed by atoms with E-state index in [2.05, 4.69) is 4.98 Å². The maximum atomic E-state index is 13.3. The number of Topliss-reactive ketones (excluding diaryl/α,β-unsaturated/α-hetero) is 1. The van der Waals surface area contributed by atoms with Crippen molar-refractivity contribution in [1.29, 1.82) is 0 Å². The molecule has 0 spiro atoms. The van der Waals surface area contributed by atoms with Crippen LogP contribution >= 0.6 is 0 Å². The number of aromatic nitrogens is 1. The Bertz CT molecular complexity index is 1120. The van der Waals surface area contributed by atoms with Gasteiger partial charge < -0.3 is 14.6 Å². The predicted octanol–water partition coefficient (Wildman–Crippen LogP) is 5.10. The molecule has 1 aromatic heterocycles. The quantitative estimate of drug-likeness (QED) is 0.331. The molecule has 1 heterocycles. The van der Waals surface area contributed by atoms with Gasteiger partial charge in [-0.25, -0.2) is 9.37 Å². The number of pyridine rings is 1. The third-order valence-corrected chi connectivity index (χ3v) is 5.73. The SMILES string of the molecule is COc1ccnc(C(=O)C[C@@H](C)C(=O)O[C@@H](C)[C@H](Cc2ccc(F)cc2)c2ccccc2)c1O. The molecule has 1 N–H and O–H groups in total. The summed E-state index contributed by atoms with van der Waals surface area (Å²) in [5.41, 5.74) is 1.76. The van der Waals surface area contributed by atoms with Gasteiger partial charge in [0.25, 0.3) is 0 Å². The van der Waals surface area contributed by atoms with Crippen LogP contribution < -0.4 is 4.74 Å². The summed E-state index contributed by atoms with van der Waals surface area (Å²) in [4.78, 5) is 29.4. The van der Waals surface area contributed by atoms with Crippen LogP contribution in [0.1, 0.15) is 47.8 Å². The van der Waals surface area contributed by atoms with Crippen LogP contribution in [0.5, 0.6) is 11.5 Å². The Morgan fingerprint density at radius 3 is 2.35 bits per heavy atom. The second-order valence-corrected chi connectivity index (χ2v) is 8.23. The Morgan fingerprint density at radius 2 is 1.71 bits per heavy atom. The van der Waals surface area contributed by atoms with Gasteiger partial charge >= 0.3 is 5.97 Å². The summed E-state index contributed by atoms with van der Waals surface area (Å²) in [7, 11) is 1.37. The largest absolute Gasteiger partial charge is 0.503 e. The first-order valence-electron chi connectivity index (χ1n) is 11.0. The number of nitrogens with zero attached hydrogens (tertiary/aromatic N) is 1. The number of aromatic hydroxyl groups is 1. The second kappa shape index (κ2) is 11.4. The topological polar surface area (TPSA) is 85.7 Å². The Balaban J connectivity index is 1.70. The fourth-order valence-corrected chi connectivity index (χ4v) is 3.77. The van der Waals surface area contributed by atoms with Crippen molar-refractivity contribution in [3.05, 3.63) is 89.5 Å². The van der Waals surface area contributed by atoms with Gasteiger partial charge in [0, 0.05) is 24.6 Å². The summed E-state index contributed by atoms with van der Waals surface area (Å²) in [5, 5.41) is 10.2. The lowest BCUT2D eigenvalue weighted by Gasteiger charge is -2.26. The van der Waals surface area contributed by atoms with Gasteiger partial charge in [0.05, 0.1) is 13.0 Å². The molecule has 0 amide bonds. The van der Waals surface area contributed by atoms with Crippen LogP contribution in [-0.2, 0) is 16.0 Å². The molecule has 3 aromatic rings. The van der Waals surface area contributed by atoms with Crippen molar-refractivity contribution in [3.8, 4) is 11.5 Å². The van der Waals surface area contributed by atoms with Gasteiger partial charge in [-0.05, 0) is 36.6 Å². The summed E-state index contributed by atoms with van der Waals surface area (Å²) >= 11 is 0. The van der Waals surface area contributed by atoms with Crippen LogP contribution in [0.4, 0.5) is 4.39 Å². The molecule has 7 heteroatoms. The molecule has 3 rings (SSSR count). The number of methoxy groups -OCH3 is 1. The Hall–Kier alpha value is -3.74. The van der Waals surface area contributed by atoms with E-state index < -0.39 is 23.8 Å². The zero-order valence-electron chi connectivity index (χ0n) is 19.4. The van der Waals surface area contributed by atoms with Crippen LogP contribution in [0.15, 0.2) is 66.9 Å². The molecule has 0 saturated carbocycles. The third kappa shape index (κ3) is 6.19. The minimum Gasteiger partial charge on any atom is -0.503 e. The molecule has 2 aromatic carbocycles. The standard InChI is InChI=1S/C27H28FNO5/c1-17(15-23(30)25-26(31)24(33-3)13-14-29-25)27(32)34-18(2)22(20-7-5-4-6-8-20)16-19-9-11-21(28)12-10-19/h4-14,17-18,22,31H,15-16H2,1-3H3/t17-,18+,22+/m1/s1.